The molecule has 0 saturated heterocycles. The Morgan fingerprint density at radius 3 is 2.90 bits per heavy atom. The summed E-state index contributed by atoms with van der Waals surface area (Å²) in [4.78, 5) is 22.6. The van der Waals surface area contributed by atoms with Crippen LogP contribution in [0.15, 0.2) is 30.6 Å². The fraction of sp³-hybridized carbons (Fsp3) is 0.462. The van der Waals surface area contributed by atoms with E-state index in [1.54, 1.807) is 23.0 Å². The van der Waals surface area contributed by atoms with E-state index in [1.165, 1.54) is 0 Å². The topological polar surface area (TPSA) is 96.3 Å². The predicted molar refractivity (Wildman–Crippen MR) is 72.0 cm³/mol. The van der Waals surface area contributed by atoms with Crippen molar-refractivity contribution in [2.75, 3.05) is 0 Å². The van der Waals surface area contributed by atoms with Crippen molar-refractivity contribution in [1.82, 2.24) is 20.4 Å². The maximum absolute atomic E-state index is 11.8. The van der Waals surface area contributed by atoms with Crippen LogP contribution >= 0.6 is 0 Å². The van der Waals surface area contributed by atoms with Gasteiger partial charge in [0.05, 0.1) is 18.5 Å². The first-order chi connectivity index (χ1) is 9.54. The van der Waals surface area contributed by atoms with Gasteiger partial charge < -0.3 is 15.7 Å². The molecule has 7 nitrogen and oxygen atoms in total. The van der Waals surface area contributed by atoms with Crippen LogP contribution in [-0.4, -0.2) is 39.0 Å². The summed E-state index contributed by atoms with van der Waals surface area (Å²) < 4.78 is 1.74. The molecule has 0 aromatic carbocycles. The first-order valence-electron chi connectivity index (χ1n) is 6.50. The van der Waals surface area contributed by atoms with Crippen LogP contribution in [0.2, 0.25) is 0 Å². The number of carbonyl (C=O) groups is 2. The van der Waals surface area contributed by atoms with E-state index in [0.29, 0.717) is 13.0 Å². The lowest BCUT2D eigenvalue weighted by atomic mass is 10.1. The highest BCUT2D eigenvalue weighted by Crippen LogP contribution is 2.17. The molecular formula is C13H18N4O3. The average molecular weight is 278 g/mol. The van der Waals surface area contributed by atoms with E-state index >= 15 is 0 Å². The lowest BCUT2D eigenvalue weighted by Crippen LogP contribution is -2.45. The zero-order valence-corrected chi connectivity index (χ0v) is 11.2. The number of carboxylic acid groups (broad SMARTS) is 1. The van der Waals surface area contributed by atoms with Crippen molar-refractivity contribution in [2.24, 2.45) is 5.92 Å². The lowest BCUT2D eigenvalue weighted by molar-refractivity contribution is -0.140. The van der Waals surface area contributed by atoms with Crippen molar-refractivity contribution < 1.29 is 14.7 Å². The summed E-state index contributed by atoms with van der Waals surface area (Å²) in [5.41, 5.74) is 0. The van der Waals surface area contributed by atoms with Gasteiger partial charge in [0.2, 0.25) is 0 Å². The number of carbonyl (C=O) groups excluding carboxylic acids is 1. The Morgan fingerprint density at radius 2 is 2.30 bits per heavy atom. The third kappa shape index (κ3) is 3.84. The van der Waals surface area contributed by atoms with E-state index in [9.17, 15) is 9.59 Å². The SMILES string of the molecule is CC(Cn1cccn1)NC(=O)NC1C=CC(C(=O)O)C1. The molecule has 1 aromatic rings. The number of hydrogen-bond acceptors (Lipinski definition) is 3. The molecule has 0 spiro atoms. The van der Waals surface area contributed by atoms with E-state index in [0.717, 1.165) is 0 Å². The van der Waals surface area contributed by atoms with Gasteiger partial charge in [-0.3, -0.25) is 9.48 Å². The zero-order chi connectivity index (χ0) is 14.5. The monoisotopic (exact) mass is 278 g/mol. The van der Waals surface area contributed by atoms with Crippen LogP contribution in [0, 0.1) is 5.92 Å². The molecule has 0 aliphatic heterocycles. The fourth-order valence-electron chi connectivity index (χ4n) is 2.16. The van der Waals surface area contributed by atoms with Gasteiger partial charge in [-0.05, 0) is 19.4 Å². The molecule has 1 heterocycles. The van der Waals surface area contributed by atoms with Crippen molar-refractivity contribution in [3.05, 3.63) is 30.6 Å². The van der Waals surface area contributed by atoms with Gasteiger partial charge in [-0.25, -0.2) is 4.79 Å². The Bertz CT molecular complexity index is 498. The van der Waals surface area contributed by atoms with E-state index < -0.39 is 11.9 Å². The predicted octanol–water partition coefficient (Wildman–Crippen LogP) is 0.600. The molecule has 108 valence electrons. The van der Waals surface area contributed by atoms with Crippen LogP contribution in [0.4, 0.5) is 4.79 Å². The van der Waals surface area contributed by atoms with E-state index in [1.807, 2.05) is 19.2 Å². The molecule has 0 bridgehead atoms. The van der Waals surface area contributed by atoms with Gasteiger partial charge in [-0.2, -0.15) is 5.10 Å². The van der Waals surface area contributed by atoms with Gasteiger partial charge in [-0.1, -0.05) is 12.2 Å². The maximum atomic E-state index is 11.8. The standard InChI is InChI=1S/C13H18N4O3/c1-9(8-17-6-2-5-14-17)15-13(20)16-11-4-3-10(7-11)12(18)19/h2-6,9-11H,7-8H2,1H3,(H,18,19)(H2,15,16,20). The molecule has 3 N–H and O–H groups in total. The highest BCUT2D eigenvalue weighted by atomic mass is 16.4. The van der Waals surface area contributed by atoms with Gasteiger partial charge in [0, 0.05) is 18.4 Å². The highest BCUT2D eigenvalue weighted by Gasteiger charge is 2.25. The molecule has 0 radical (unpaired) electrons. The molecule has 0 fully saturated rings. The van der Waals surface area contributed by atoms with Gasteiger partial charge >= 0.3 is 12.0 Å². The smallest absolute Gasteiger partial charge is 0.315 e. The van der Waals surface area contributed by atoms with E-state index in [4.69, 9.17) is 5.11 Å². The number of aromatic nitrogens is 2. The third-order valence-corrected chi connectivity index (χ3v) is 3.11. The number of amides is 2. The van der Waals surface area contributed by atoms with Crippen molar-refractivity contribution in [3.8, 4) is 0 Å². The molecule has 1 aliphatic carbocycles. The maximum Gasteiger partial charge on any atom is 0.315 e. The number of nitrogens with one attached hydrogen (secondary N) is 2. The second-order valence-corrected chi connectivity index (χ2v) is 4.92. The van der Waals surface area contributed by atoms with Gasteiger partial charge in [0.25, 0.3) is 0 Å². The Kier molecular flexibility index (Phi) is 4.39. The minimum Gasteiger partial charge on any atom is -0.481 e. The first kappa shape index (κ1) is 14.1. The van der Waals surface area contributed by atoms with Crippen LogP contribution < -0.4 is 10.6 Å². The Labute approximate surface area is 116 Å². The number of urea groups is 1. The molecule has 20 heavy (non-hydrogen) atoms. The summed E-state index contributed by atoms with van der Waals surface area (Å²) in [6.07, 6.45) is 7.24. The summed E-state index contributed by atoms with van der Waals surface area (Å²) in [5.74, 6) is -1.38. The summed E-state index contributed by atoms with van der Waals surface area (Å²) in [6.45, 7) is 2.46. The largest absolute Gasteiger partial charge is 0.481 e. The first-order valence-corrected chi connectivity index (χ1v) is 6.50. The van der Waals surface area contributed by atoms with Gasteiger partial charge in [-0.15, -0.1) is 0 Å². The minimum absolute atomic E-state index is 0.0736. The summed E-state index contributed by atoms with van der Waals surface area (Å²) in [5, 5.41) is 18.5. The zero-order valence-electron chi connectivity index (χ0n) is 11.2. The van der Waals surface area contributed by atoms with E-state index in [2.05, 4.69) is 15.7 Å². The lowest BCUT2D eigenvalue weighted by Gasteiger charge is -2.17. The van der Waals surface area contributed by atoms with Gasteiger partial charge in [0.1, 0.15) is 0 Å². The summed E-state index contributed by atoms with van der Waals surface area (Å²) >= 11 is 0. The van der Waals surface area contributed by atoms with Crippen LogP contribution in [0.1, 0.15) is 13.3 Å². The normalized spacial score (nSPS) is 22.4. The van der Waals surface area contributed by atoms with Crippen LogP contribution in [-0.2, 0) is 11.3 Å². The number of hydrogen-bond donors (Lipinski definition) is 3. The molecule has 0 saturated carbocycles. The number of carboxylic acids is 1. The van der Waals surface area contributed by atoms with Crippen molar-refractivity contribution in [2.45, 2.75) is 32.0 Å². The Morgan fingerprint density at radius 1 is 1.50 bits per heavy atom. The van der Waals surface area contributed by atoms with Crippen molar-refractivity contribution in [3.63, 3.8) is 0 Å². The molecule has 2 rings (SSSR count). The van der Waals surface area contributed by atoms with E-state index in [-0.39, 0.29) is 18.1 Å². The molecule has 7 heteroatoms. The minimum atomic E-state index is -0.863. The number of aliphatic carboxylic acids is 1. The molecular weight excluding hydrogens is 260 g/mol. The van der Waals surface area contributed by atoms with Crippen LogP contribution in [0.25, 0.3) is 0 Å². The summed E-state index contributed by atoms with van der Waals surface area (Å²) in [6, 6.07) is 1.22. The third-order valence-electron chi connectivity index (χ3n) is 3.11. The quantitative estimate of drug-likeness (QED) is 0.687. The summed E-state index contributed by atoms with van der Waals surface area (Å²) in [7, 11) is 0. The average Bonchev–Trinajstić information content (AvgIpc) is 2.99. The van der Waals surface area contributed by atoms with Gasteiger partial charge in [0.15, 0.2) is 0 Å². The number of nitrogens with zero attached hydrogens (tertiary/aromatic N) is 2. The Hall–Kier alpha value is -2.31. The molecule has 3 atom stereocenters. The molecule has 2 amide bonds. The molecule has 3 unspecified atom stereocenters. The second kappa shape index (κ2) is 6.23. The van der Waals surface area contributed by atoms with Crippen LogP contribution in [0.5, 0.6) is 0 Å². The second-order valence-electron chi connectivity index (χ2n) is 4.92. The highest BCUT2D eigenvalue weighted by molar-refractivity contribution is 5.76. The van der Waals surface area contributed by atoms with Crippen LogP contribution in [0.3, 0.4) is 0 Å². The number of rotatable bonds is 5. The Balaban J connectivity index is 1.73. The van der Waals surface area contributed by atoms with Crippen molar-refractivity contribution in [1.29, 1.82) is 0 Å². The fourth-order valence-corrected chi connectivity index (χ4v) is 2.16. The van der Waals surface area contributed by atoms with Crippen molar-refractivity contribution >= 4 is 12.0 Å². The molecule has 1 aliphatic rings. The molecule has 1 aromatic heterocycles.